The molecule has 0 heterocycles. The molecule has 20 heavy (non-hydrogen) atoms. The SMILES string of the molecule is Cc1cc(C)cc(N(C)C(=O)OCc2ccccc2)c1. The molecule has 0 unspecified atom stereocenters. The number of amides is 1. The number of anilines is 1. The quantitative estimate of drug-likeness (QED) is 0.840. The molecule has 0 bridgehead atoms. The first kappa shape index (κ1) is 14.1. The number of aryl methyl sites for hydroxylation is 2. The van der Waals surface area contributed by atoms with Crippen LogP contribution in [-0.2, 0) is 11.3 Å². The van der Waals surface area contributed by atoms with E-state index in [4.69, 9.17) is 4.74 Å². The molecular formula is C17H19NO2. The zero-order valence-corrected chi connectivity index (χ0v) is 12.1. The van der Waals surface area contributed by atoms with Crippen molar-refractivity contribution in [3.05, 3.63) is 65.2 Å². The maximum atomic E-state index is 12.0. The van der Waals surface area contributed by atoms with Crippen molar-refractivity contribution in [1.82, 2.24) is 0 Å². The molecule has 0 aromatic heterocycles. The second kappa shape index (κ2) is 6.24. The average Bonchev–Trinajstić information content (AvgIpc) is 2.44. The molecule has 0 fully saturated rings. The van der Waals surface area contributed by atoms with Gasteiger partial charge in [0.15, 0.2) is 0 Å². The molecule has 3 heteroatoms. The van der Waals surface area contributed by atoms with Crippen LogP contribution in [0, 0.1) is 13.8 Å². The van der Waals surface area contributed by atoms with E-state index in [2.05, 4.69) is 6.07 Å². The lowest BCUT2D eigenvalue weighted by Gasteiger charge is -2.18. The van der Waals surface area contributed by atoms with E-state index in [1.54, 1.807) is 7.05 Å². The fourth-order valence-electron chi connectivity index (χ4n) is 2.07. The number of hydrogen-bond acceptors (Lipinski definition) is 2. The molecular weight excluding hydrogens is 250 g/mol. The van der Waals surface area contributed by atoms with Gasteiger partial charge in [-0.25, -0.2) is 4.79 Å². The van der Waals surface area contributed by atoms with Gasteiger partial charge in [-0.05, 0) is 42.7 Å². The second-order valence-electron chi connectivity index (χ2n) is 4.95. The minimum atomic E-state index is -0.348. The van der Waals surface area contributed by atoms with Gasteiger partial charge in [0.1, 0.15) is 6.61 Å². The minimum absolute atomic E-state index is 0.287. The van der Waals surface area contributed by atoms with Crippen molar-refractivity contribution < 1.29 is 9.53 Å². The fraction of sp³-hybridized carbons (Fsp3) is 0.235. The van der Waals surface area contributed by atoms with Crippen LogP contribution in [0.2, 0.25) is 0 Å². The first-order valence-electron chi connectivity index (χ1n) is 6.59. The first-order chi connectivity index (χ1) is 9.56. The van der Waals surface area contributed by atoms with Crippen molar-refractivity contribution in [2.24, 2.45) is 0 Å². The smallest absolute Gasteiger partial charge is 0.414 e. The highest BCUT2D eigenvalue weighted by Crippen LogP contribution is 2.18. The summed E-state index contributed by atoms with van der Waals surface area (Å²) in [6, 6.07) is 15.7. The van der Waals surface area contributed by atoms with Gasteiger partial charge in [0.25, 0.3) is 0 Å². The molecule has 0 N–H and O–H groups in total. The highest BCUT2D eigenvalue weighted by molar-refractivity contribution is 5.87. The van der Waals surface area contributed by atoms with E-state index in [1.165, 1.54) is 4.90 Å². The Balaban J connectivity index is 2.01. The van der Waals surface area contributed by atoms with Gasteiger partial charge >= 0.3 is 6.09 Å². The van der Waals surface area contributed by atoms with Crippen molar-refractivity contribution in [3.63, 3.8) is 0 Å². The van der Waals surface area contributed by atoms with Gasteiger partial charge in [-0.2, -0.15) is 0 Å². The fourth-order valence-corrected chi connectivity index (χ4v) is 2.07. The third-order valence-corrected chi connectivity index (χ3v) is 3.07. The highest BCUT2D eigenvalue weighted by atomic mass is 16.6. The van der Waals surface area contributed by atoms with Crippen molar-refractivity contribution in [1.29, 1.82) is 0 Å². The molecule has 2 aromatic rings. The van der Waals surface area contributed by atoms with Crippen LogP contribution >= 0.6 is 0 Å². The van der Waals surface area contributed by atoms with Crippen molar-refractivity contribution in [3.8, 4) is 0 Å². The Bertz CT molecular complexity index is 573. The molecule has 3 nitrogen and oxygen atoms in total. The van der Waals surface area contributed by atoms with Crippen molar-refractivity contribution in [2.45, 2.75) is 20.5 Å². The number of carbonyl (C=O) groups excluding carboxylic acids is 1. The molecule has 0 aliphatic carbocycles. The summed E-state index contributed by atoms with van der Waals surface area (Å²) >= 11 is 0. The number of carbonyl (C=O) groups is 1. The minimum Gasteiger partial charge on any atom is -0.444 e. The molecule has 0 saturated heterocycles. The van der Waals surface area contributed by atoms with Crippen LogP contribution in [0.4, 0.5) is 10.5 Å². The molecule has 2 aromatic carbocycles. The summed E-state index contributed by atoms with van der Waals surface area (Å²) in [5.41, 5.74) is 4.08. The zero-order chi connectivity index (χ0) is 14.5. The van der Waals surface area contributed by atoms with Crippen LogP contribution in [0.3, 0.4) is 0 Å². The van der Waals surface area contributed by atoms with Gasteiger partial charge in [-0.1, -0.05) is 36.4 Å². The molecule has 2 rings (SSSR count). The molecule has 1 amide bonds. The second-order valence-corrected chi connectivity index (χ2v) is 4.95. The van der Waals surface area contributed by atoms with Gasteiger partial charge in [0, 0.05) is 12.7 Å². The van der Waals surface area contributed by atoms with E-state index < -0.39 is 0 Å². The summed E-state index contributed by atoms with van der Waals surface area (Å²) in [7, 11) is 1.72. The lowest BCUT2D eigenvalue weighted by atomic mass is 10.1. The molecule has 0 radical (unpaired) electrons. The Morgan fingerprint density at radius 3 is 2.25 bits per heavy atom. The normalized spacial score (nSPS) is 10.2. The predicted molar refractivity (Wildman–Crippen MR) is 80.9 cm³/mol. The van der Waals surface area contributed by atoms with Gasteiger partial charge in [-0.15, -0.1) is 0 Å². The van der Waals surface area contributed by atoms with Crippen LogP contribution in [-0.4, -0.2) is 13.1 Å². The van der Waals surface area contributed by atoms with Gasteiger partial charge in [0.2, 0.25) is 0 Å². The number of rotatable bonds is 3. The molecule has 0 saturated carbocycles. The zero-order valence-electron chi connectivity index (χ0n) is 12.1. The Morgan fingerprint density at radius 2 is 1.65 bits per heavy atom. The van der Waals surface area contributed by atoms with Gasteiger partial charge in [-0.3, -0.25) is 4.90 Å². The Morgan fingerprint density at radius 1 is 1.05 bits per heavy atom. The summed E-state index contributed by atoms with van der Waals surface area (Å²) in [4.78, 5) is 13.6. The Hall–Kier alpha value is -2.29. The van der Waals surface area contributed by atoms with Gasteiger partial charge in [0.05, 0.1) is 0 Å². The van der Waals surface area contributed by atoms with E-state index >= 15 is 0 Å². The van der Waals surface area contributed by atoms with E-state index in [0.717, 1.165) is 22.4 Å². The van der Waals surface area contributed by atoms with E-state index in [-0.39, 0.29) is 12.7 Å². The van der Waals surface area contributed by atoms with Crippen LogP contribution in [0.15, 0.2) is 48.5 Å². The Labute approximate surface area is 119 Å². The van der Waals surface area contributed by atoms with E-state index in [0.29, 0.717) is 0 Å². The maximum Gasteiger partial charge on any atom is 0.414 e. The van der Waals surface area contributed by atoms with Crippen LogP contribution in [0.5, 0.6) is 0 Å². The molecule has 0 atom stereocenters. The maximum absolute atomic E-state index is 12.0. The summed E-state index contributed by atoms with van der Waals surface area (Å²) < 4.78 is 5.31. The van der Waals surface area contributed by atoms with Crippen molar-refractivity contribution >= 4 is 11.8 Å². The topological polar surface area (TPSA) is 29.5 Å². The van der Waals surface area contributed by atoms with E-state index in [1.807, 2.05) is 56.3 Å². The highest BCUT2D eigenvalue weighted by Gasteiger charge is 2.12. The molecule has 0 aliphatic rings. The standard InChI is InChI=1S/C17H19NO2/c1-13-9-14(2)11-16(10-13)18(3)17(19)20-12-15-7-5-4-6-8-15/h4-11H,12H2,1-3H3. The molecule has 104 valence electrons. The number of benzene rings is 2. The van der Waals surface area contributed by atoms with Crippen molar-refractivity contribution in [2.75, 3.05) is 11.9 Å². The Kier molecular flexibility index (Phi) is 4.41. The average molecular weight is 269 g/mol. The number of ether oxygens (including phenoxy) is 1. The lowest BCUT2D eigenvalue weighted by Crippen LogP contribution is -2.27. The summed E-state index contributed by atoms with van der Waals surface area (Å²) in [6.07, 6.45) is -0.348. The molecule has 0 spiro atoms. The largest absolute Gasteiger partial charge is 0.444 e. The van der Waals surface area contributed by atoms with Crippen LogP contribution in [0.1, 0.15) is 16.7 Å². The van der Waals surface area contributed by atoms with E-state index in [9.17, 15) is 4.79 Å². The number of nitrogens with zero attached hydrogens (tertiary/aromatic N) is 1. The summed E-state index contributed by atoms with van der Waals surface area (Å²) in [5.74, 6) is 0. The van der Waals surface area contributed by atoms with Crippen LogP contribution < -0.4 is 4.90 Å². The predicted octanol–water partition coefficient (Wildman–Crippen LogP) is 4.08. The third kappa shape index (κ3) is 3.60. The first-order valence-corrected chi connectivity index (χ1v) is 6.59. The van der Waals surface area contributed by atoms with Gasteiger partial charge < -0.3 is 4.74 Å². The monoisotopic (exact) mass is 269 g/mol. The number of hydrogen-bond donors (Lipinski definition) is 0. The lowest BCUT2D eigenvalue weighted by molar-refractivity contribution is 0.148. The van der Waals surface area contributed by atoms with Crippen LogP contribution in [0.25, 0.3) is 0 Å². The molecule has 0 aliphatic heterocycles. The summed E-state index contributed by atoms with van der Waals surface area (Å²) in [5, 5.41) is 0. The summed E-state index contributed by atoms with van der Waals surface area (Å²) in [6.45, 7) is 4.31. The third-order valence-electron chi connectivity index (χ3n) is 3.07.